The third-order valence-corrected chi connectivity index (χ3v) is 3.68. The predicted molar refractivity (Wildman–Crippen MR) is 71.0 cm³/mol. The number of unbranched alkanes of at least 4 members (excludes halogenated alkanes) is 5. The molecule has 0 heterocycles. The summed E-state index contributed by atoms with van der Waals surface area (Å²) in [6.45, 7) is 4.57. The summed E-state index contributed by atoms with van der Waals surface area (Å²) >= 11 is 0. The molecule has 14 heavy (non-hydrogen) atoms. The average Bonchev–Trinajstić information content (AvgIpc) is 2.22. The third kappa shape index (κ3) is 9.00. The molecule has 0 spiro atoms. The van der Waals surface area contributed by atoms with Crippen LogP contribution in [0.3, 0.4) is 0 Å². The van der Waals surface area contributed by atoms with Gasteiger partial charge in [-0.1, -0.05) is 71.6 Å². The van der Waals surface area contributed by atoms with Gasteiger partial charge in [-0.2, -0.15) is 0 Å². The Bertz CT molecular complexity index is 101. The van der Waals surface area contributed by atoms with Crippen LogP contribution in [0.5, 0.6) is 0 Å². The highest BCUT2D eigenvalue weighted by atomic mass is 31.0. The second kappa shape index (κ2) is 11.5. The first kappa shape index (κ1) is 14.4. The molecule has 2 atom stereocenters. The Balaban J connectivity index is 3.28. The van der Waals surface area contributed by atoms with Gasteiger partial charge in [0.1, 0.15) is 0 Å². The standard InChI is InChI=1S/C13H29P/c1-3-5-7-9-11-13(12-14)10-8-6-4-2/h13H,3-12,14H2,1-2H3. The van der Waals surface area contributed by atoms with Crippen LogP contribution in [0, 0.1) is 5.92 Å². The van der Waals surface area contributed by atoms with Gasteiger partial charge in [0, 0.05) is 0 Å². The minimum atomic E-state index is 0.989. The minimum Gasteiger partial charge on any atom is -0.137 e. The second-order valence-electron chi connectivity index (χ2n) is 4.45. The fourth-order valence-electron chi connectivity index (χ4n) is 1.92. The fourth-order valence-corrected chi connectivity index (χ4v) is 2.39. The molecule has 0 aromatic heterocycles. The molecule has 0 rings (SSSR count). The maximum Gasteiger partial charge on any atom is -0.0353 e. The average molecular weight is 216 g/mol. The molecular weight excluding hydrogens is 187 g/mol. The van der Waals surface area contributed by atoms with E-state index >= 15 is 0 Å². The lowest BCUT2D eigenvalue weighted by molar-refractivity contribution is 0.445. The van der Waals surface area contributed by atoms with E-state index in [4.69, 9.17) is 0 Å². The molecule has 0 fully saturated rings. The Labute approximate surface area is 93.4 Å². The Morgan fingerprint density at radius 2 is 1.29 bits per heavy atom. The van der Waals surface area contributed by atoms with Crippen LogP contribution in [0.2, 0.25) is 0 Å². The van der Waals surface area contributed by atoms with Crippen LogP contribution in [0.15, 0.2) is 0 Å². The Kier molecular flexibility index (Phi) is 11.9. The van der Waals surface area contributed by atoms with E-state index in [0.29, 0.717) is 0 Å². The van der Waals surface area contributed by atoms with Gasteiger partial charge < -0.3 is 0 Å². The zero-order valence-corrected chi connectivity index (χ0v) is 11.4. The first-order chi connectivity index (χ1) is 6.85. The van der Waals surface area contributed by atoms with Crippen molar-refractivity contribution in [2.24, 2.45) is 5.92 Å². The van der Waals surface area contributed by atoms with E-state index < -0.39 is 0 Å². The zero-order valence-electron chi connectivity index (χ0n) is 10.2. The molecule has 0 amide bonds. The largest absolute Gasteiger partial charge is 0.137 e. The summed E-state index contributed by atoms with van der Waals surface area (Å²) in [5.41, 5.74) is 0. The molecule has 0 bridgehead atoms. The monoisotopic (exact) mass is 216 g/mol. The SMILES string of the molecule is CCCCCCC(CP)CCCCC. The number of rotatable bonds is 10. The highest BCUT2D eigenvalue weighted by Crippen LogP contribution is 2.19. The maximum atomic E-state index is 2.93. The summed E-state index contributed by atoms with van der Waals surface area (Å²) in [4.78, 5) is 0. The summed E-state index contributed by atoms with van der Waals surface area (Å²) in [5, 5.41) is 0. The van der Waals surface area contributed by atoms with Crippen LogP contribution < -0.4 is 0 Å². The normalized spacial score (nSPS) is 13.1. The Hall–Kier alpha value is 0.430. The molecule has 0 saturated heterocycles. The summed E-state index contributed by atoms with van der Waals surface area (Å²) in [6.07, 6.45) is 14.2. The summed E-state index contributed by atoms with van der Waals surface area (Å²) in [7, 11) is 2.93. The highest BCUT2D eigenvalue weighted by molar-refractivity contribution is 7.16. The predicted octanol–water partition coefficient (Wildman–Crippen LogP) is 5.03. The van der Waals surface area contributed by atoms with Crippen molar-refractivity contribution < 1.29 is 0 Å². The topological polar surface area (TPSA) is 0 Å². The zero-order chi connectivity index (χ0) is 10.6. The number of hydrogen-bond acceptors (Lipinski definition) is 0. The van der Waals surface area contributed by atoms with E-state index in [1.807, 2.05) is 0 Å². The molecule has 0 aliphatic carbocycles. The van der Waals surface area contributed by atoms with E-state index in [1.165, 1.54) is 63.9 Å². The first-order valence-electron chi connectivity index (χ1n) is 6.55. The molecule has 0 radical (unpaired) electrons. The van der Waals surface area contributed by atoms with Crippen LogP contribution in [-0.2, 0) is 0 Å². The third-order valence-electron chi connectivity index (χ3n) is 3.02. The smallest absolute Gasteiger partial charge is 0.0353 e. The second-order valence-corrected chi connectivity index (χ2v) is 4.92. The van der Waals surface area contributed by atoms with Gasteiger partial charge in [0.25, 0.3) is 0 Å². The molecule has 0 saturated carbocycles. The van der Waals surface area contributed by atoms with E-state index in [1.54, 1.807) is 0 Å². The number of hydrogen-bond donors (Lipinski definition) is 0. The van der Waals surface area contributed by atoms with Gasteiger partial charge in [0.05, 0.1) is 0 Å². The minimum absolute atomic E-state index is 0.989. The van der Waals surface area contributed by atoms with Gasteiger partial charge in [-0.3, -0.25) is 0 Å². The van der Waals surface area contributed by atoms with Gasteiger partial charge in [-0.25, -0.2) is 0 Å². The van der Waals surface area contributed by atoms with E-state index in [2.05, 4.69) is 23.1 Å². The van der Waals surface area contributed by atoms with Crippen LogP contribution in [-0.4, -0.2) is 6.16 Å². The van der Waals surface area contributed by atoms with Crippen molar-refractivity contribution in [2.45, 2.75) is 71.6 Å². The van der Waals surface area contributed by atoms with Gasteiger partial charge >= 0.3 is 0 Å². The van der Waals surface area contributed by atoms with Crippen LogP contribution in [0.4, 0.5) is 0 Å². The van der Waals surface area contributed by atoms with Crippen LogP contribution in [0.1, 0.15) is 71.6 Å². The first-order valence-corrected chi connectivity index (χ1v) is 7.36. The van der Waals surface area contributed by atoms with Crippen molar-refractivity contribution in [3.05, 3.63) is 0 Å². The van der Waals surface area contributed by atoms with E-state index in [0.717, 1.165) is 5.92 Å². The molecule has 0 aliphatic heterocycles. The summed E-state index contributed by atoms with van der Waals surface area (Å²) in [6, 6.07) is 0. The molecule has 2 unspecified atom stereocenters. The molecule has 0 nitrogen and oxygen atoms in total. The molecule has 1 heteroatoms. The van der Waals surface area contributed by atoms with Crippen molar-refractivity contribution in [1.29, 1.82) is 0 Å². The van der Waals surface area contributed by atoms with Gasteiger partial charge in [-0.15, -0.1) is 9.24 Å². The molecule has 86 valence electrons. The Morgan fingerprint density at radius 1 is 0.786 bits per heavy atom. The molecule has 0 aliphatic rings. The summed E-state index contributed by atoms with van der Waals surface area (Å²) in [5.74, 6) is 0.989. The van der Waals surface area contributed by atoms with Crippen molar-refractivity contribution in [3.8, 4) is 0 Å². The molecule has 0 aromatic rings. The molecular formula is C13H29P. The van der Waals surface area contributed by atoms with Crippen LogP contribution >= 0.6 is 9.24 Å². The van der Waals surface area contributed by atoms with E-state index in [9.17, 15) is 0 Å². The fraction of sp³-hybridized carbons (Fsp3) is 1.00. The van der Waals surface area contributed by atoms with E-state index in [-0.39, 0.29) is 0 Å². The van der Waals surface area contributed by atoms with Gasteiger partial charge in [0.15, 0.2) is 0 Å². The van der Waals surface area contributed by atoms with Gasteiger partial charge in [-0.05, 0) is 12.1 Å². The maximum absolute atomic E-state index is 2.93. The lowest BCUT2D eigenvalue weighted by Crippen LogP contribution is -2.02. The molecule has 0 aromatic carbocycles. The lowest BCUT2D eigenvalue weighted by atomic mass is 9.96. The van der Waals surface area contributed by atoms with Crippen LogP contribution in [0.25, 0.3) is 0 Å². The van der Waals surface area contributed by atoms with Crippen molar-refractivity contribution in [2.75, 3.05) is 6.16 Å². The highest BCUT2D eigenvalue weighted by Gasteiger charge is 2.05. The van der Waals surface area contributed by atoms with Gasteiger partial charge in [0.2, 0.25) is 0 Å². The van der Waals surface area contributed by atoms with Crippen molar-refractivity contribution in [1.82, 2.24) is 0 Å². The Morgan fingerprint density at radius 3 is 1.79 bits per heavy atom. The van der Waals surface area contributed by atoms with Crippen molar-refractivity contribution >= 4 is 9.24 Å². The quantitative estimate of drug-likeness (QED) is 0.355. The lowest BCUT2D eigenvalue weighted by Gasteiger charge is -2.13. The molecule has 0 N–H and O–H groups in total. The van der Waals surface area contributed by atoms with Crippen molar-refractivity contribution in [3.63, 3.8) is 0 Å². The summed E-state index contributed by atoms with van der Waals surface area (Å²) < 4.78 is 0.